The molecule has 2 heterocycles. The van der Waals surface area contributed by atoms with Gasteiger partial charge < -0.3 is 15.4 Å². The molecule has 2 N–H and O–H groups in total. The summed E-state index contributed by atoms with van der Waals surface area (Å²) in [5.41, 5.74) is 0.743. The molecule has 0 atom stereocenters. The number of hydrogen-bond acceptors (Lipinski definition) is 6. The van der Waals surface area contributed by atoms with E-state index in [0.29, 0.717) is 37.0 Å². The van der Waals surface area contributed by atoms with Crippen molar-refractivity contribution in [2.45, 2.75) is 19.3 Å². The Balaban J connectivity index is 2.01. The van der Waals surface area contributed by atoms with E-state index < -0.39 is 0 Å². The van der Waals surface area contributed by atoms with Crippen molar-refractivity contribution in [2.75, 3.05) is 23.8 Å². The lowest BCUT2D eigenvalue weighted by Crippen LogP contribution is -2.16. The van der Waals surface area contributed by atoms with Crippen molar-refractivity contribution in [3.8, 4) is 5.75 Å². The molecule has 0 aromatic carbocycles. The fraction of sp³-hybridized carbons (Fsp3) is 0.263. The Hall–Kier alpha value is -3.22. The van der Waals surface area contributed by atoms with Crippen LogP contribution in [0.3, 0.4) is 0 Å². The maximum absolute atomic E-state index is 12.5. The molecular weight excluding hydrogens is 330 g/mol. The Morgan fingerprint density at radius 1 is 1.19 bits per heavy atom. The van der Waals surface area contributed by atoms with Crippen LogP contribution < -0.4 is 15.4 Å². The number of carbonyl (C=O) groups excluding carboxylic acids is 1. The number of ether oxygens (including phenoxy) is 1. The molecular formula is C19H23N5O2. The van der Waals surface area contributed by atoms with E-state index in [1.165, 1.54) is 6.20 Å². The minimum absolute atomic E-state index is 0.257. The first-order valence-corrected chi connectivity index (χ1v) is 8.41. The van der Waals surface area contributed by atoms with Gasteiger partial charge in [0.1, 0.15) is 17.1 Å². The lowest BCUT2D eigenvalue weighted by molar-refractivity contribution is 0.102. The summed E-state index contributed by atoms with van der Waals surface area (Å²) < 4.78 is 5.63. The van der Waals surface area contributed by atoms with Gasteiger partial charge in [-0.2, -0.15) is 0 Å². The zero-order valence-corrected chi connectivity index (χ0v) is 14.6. The van der Waals surface area contributed by atoms with E-state index in [2.05, 4.69) is 38.7 Å². The van der Waals surface area contributed by atoms with Gasteiger partial charge in [0.15, 0.2) is 0 Å². The van der Waals surface area contributed by atoms with Crippen LogP contribution in [0.1, 0.15) is 29.8 Å². The van der Waals surface area contributed by atoms with Gasteiger partial charge in [-0.15, -0.1) is 13.2 Å². The Morgan fingerprint density at radius 2 is 2.04 bits per heavy atom. The van der Waals surface area contributed by atoms with Gasteiger partial charge >= 0.3 is 0 Å². The second-order valence-corrected chi connectivity index (χ2v) is 5.37. The number of pyridine rings is 1. The average molecular weight is 353 g/mol. The van der Waals surface area contributed by atoms with Crippen LogP contribution in [-0.2, 0) is 0 Å². The number of hydrogen-bond donors (Lipinski definition) is 2. The number of amides is 1. The Kier molecular flexibility index (Phi) is 7.79. The molecule has 0 saturated heterocycles. The molecule has 0 bridgehead atoms. The lowest BCUT2D eigenvalue weighted by atomic mass is 10.3. The quantitative estimate of drug-likeness (QED) is 0.475. The molecule has 1 amide bonds. The van der Waals surface area contributed by atoms with Gasteiger partial charge in [-0.25, -0.2) is 9.97 Å². The molecule has 136 valence electrons. The fourth-order valence-electron chi connectivity index (χ4n) is 2.06. The number of rotatable bonds is 11. The van der Waals surface area contributed by atoms with Crippen molar-refractivity contribution in [3.05, 3.63) is 61.7 Å². The van der Waals surface area contributed by atoms with Crippen molar-refractivity contribution in [1.29, 1.82) is 0 Å². The van der Waals surface area contributed by atoms with Gasteiger partial charge in [0.05, 0.1) is 12.8 Å². The van der Waals surface area contributed by atoms with Crippen LogP contribution in [0.2, 0.25) is 0 Å². The first-order chi connectivity index (χ1) is 12.7. The van der Waals surface area contributed by atoms with Crippen LogP contribution in [0.15, 0.2) is 56.0 Å². The van der Waals surface area contributed by atoms with Crippen LogP contribution in [0.5, 0.6) is 5.75 Å². The van der Waals surface area contributed by atoms with Crippen LogP contribution >= 0.6 is 0 Å². The highest BCUT2D eigenvalue weighted by molar-refractivity contribution is 6.03. The summed E-state index contributed by atoms with van der Waals surface area (Å²) in [5.74, 6) is 0.602. The number of anilines is 2. The van der Waals surface area contributed by atoms with E-state index in [9.17, 15) is 4.79 Å². The molecule has 0 unspecified atom stereocenters. The monoisotopic (exact) mass is 353 g/mol. The van der Waals surface area contributed by atoms with Crippen molar-refractivity contribution in [3.63, 3.8) is 0 Å². The molecule has 0 spiro atoms. The topological polar surface area (TPSA) is 89.0 Å². The van der Waals surface area contributed by atoms with Gasteiger partial charge in [-0.05, 0) is 25.3 Å². The van der Waals surface area contributed by atoms with Crippen molar-refractivity contribution < 1.29 is 9.53 Å². The maximum Gasteiger partial charge on any atom is 0.274 e. The van der Waals surface area contributed by atoms with Gasteiger partial charge in [0.25, 0.3) is 5.91 Å². The summed E-state index contributed by atoms with van der Waals surface area (Å²) in [7, 11) is 0. The van der Waals surface area contributed by atoms with Crippen LogP contribution in [0.25, 0.3) is 0 Å². The number of carbonyl (C=O) groups is 1. The fourth-order valence-corrected chi connectivity index (χ4v) is 2.06. The Bertz CT molecular complexity index is 748. The van der Waals surface area contributed by atoms with Gasteiger partial charge in [0, 0.05) is 25.0 Å². The molecule has 2 aromatic rings. The van der Waals surface area contributed by atoms with E-state index in [1.807, 2.05) is 6.08 Å². The van der Waals surface area contributed by atoms with Gasteiger partial charge in [-0.1, -0.05) is 12.2 Å². The molecule has 7 nitrogen and oxygen atoms in total. The Morgan fingerprint density at radius 3 is 2.85 bits per heavy atom. The van der Waals surface area contributed by atoms with Crippen LogP contribution in [0, 0.1) is 0 Å². The molecule has 0 aliphatic rings. The number of allylic oxidation sites excluding steroid dienone is 1. The molecule has 0 saturated carbocycles. The predicted octanol–water partition coefficient (Wildman–Crippen LogP) is 3.46. The third-order valence-corrected chi connectivity index (χ3v) is 3.37. The smallest absolute Gasteiger partial charge is 0.274 e. The maximum atomic E-state index is 12.5. The summed E-state index contributed by atoms with van der Waals surface area (Å²) in [6.45, 7) is 8.52. The Labute approximate surface area is 153 Å². The highest BCUT2D eigenvalue weighted by atomic mass is 16.5. The predicted molar refractivity (Wildman–Crippen MR) is 102 cm³/mol. The van der Waals surface area contributed by atoms with Crippen LogP contribution in [0.4, 0.5) is 11.6 Å². The van der Waals surface area contributed by atoms with E-state index in [4.69, 9.17) is 4.74 Å². The SMILES string of the molecule is C=CCCCNc1nccc(C(=O)Nc2cnccc2OCCC=C)n1. The van der Waals surface area contributed by atoms with Gasteiger partial charge in [-0.3, -0.25) is 9.78 Å². The molecule has 26 heavy (non-hydrogen) atoms. The second-order valence-electron chi connectivity index (χ2n) is 5.37. The molecule has 0 aliphatic carbocycles. The second kappa shape index (κ2) is 10.6. The zero-order valence-electron chi connectivity index (χ0n) is 14.6. The molecule has 0 fully saturated rings. The zero-order chi connectivity index (χ0) is 18.6. The van der Waals surface area contributed by atoms with Crippen molar-refractivity contribution in [1.82, 2.24) is 15.0 Å². The normalized spacial score (nSPS) is 10.0. The molecule has 2 rings (SSSR count). The molecule has 0 aliphatic heterocycles. The third-order valence-electron chi connectivity index (χ3n) is 3.37. The van der Waals surface area contributed by atoms with E-state index in [-0.39, 0.29) is 11.6 Å². The summed E-state index contributed by atoms with van der Waals surface area (Å²) in [4.78, 5) is 24.9. The van der Waals surface area contributed by atoms with E-state index in [0.717, 1.165) is 12.8 Å². The standard InChI is InChI=1S/C19H23N5O2/c1-3-5-7-10-21-19-22-12-8-15(24-19)18(25)23-16-14-20-11-9-17(16)26-13-6-4-2/h3-4,8-9,11-12,14H,1-2,5-7,10,13H2,(H,23,25)(H,21,22,24). The highest BCUT2D eigenvalue weighted by Gasteiger charge is 2.12. The summed E-state index contributed by atoms with van der Waals surface area (Å²) in [5, 5.41) is 5.86. The largest absolute Gasteiger partial charge is 0.491 e. The number of aromatic nitrogens is 3. The summed E-state index contributed by atoms with van der Waals surface area (Å²) in [6, 6.07) is 3.25. The molecule has 7 heteroatoms. The lowest BCUT2D eigenvalue weighted by Gasteiger charge is -2.11. The van der Waals surface area contributed by atoms with Crippen molar-refractivity contribution in [2.24, 2.45) is 0 Å². The minimum Gasteiger partial charge on any atom is -0.491 e. The first-order valence-electron chi connectivity index (χ1n) is 8.41. The molecule has 2 aromatic heterocycles. The highest BCUT2D eigenvalue weighted by Crippen LogP contribution is 2.23. The summed E-state index contributed by atoms with van der Waals surface area (Å²) >= 11 is 0. The van der Waals surface area contributed by atoms with E-state index >= 15 is 0 Å². The van der Waals surface area contributed by atoms with Gasteiger partial charge in [0.2, 0.25) is 5.95 Å². The molecule has 0 radical (unpaired) electrons. The summed E-state index contributed by atoms with van der Waals surface area (Å²) in [6.07, 6.45) is 10.8. The first kappa shape index (κ1) is 19.1. The number of unbranched alkanes of at least 4 members (excludes halogenated alkanes) is 1. The average Bonchev–Trinajstić information content (AvgIpc) is 2.67. The minimum atomic E-state index is -0.358. The van der Waals surface area contributed by atoms with E-state index in [1.54, 1.807) is 30.6 Å². The third kappa shape index (κ3) is 6.01. The number of nitrogens with one attached hydrogen (secondary N) is 2. The van der Waals surface area contributed by atoms with Crippen molar-refractivity contribution >= 4 is 17.5 Å². The number of nitrogens with zero attached hydrogens (tertiary/aromatic N) is 3. The van der Waals surface area contributed by atoms with Crippen LogP contribution in [-0.4, -0.2) is 34.0 Å².